The molecule has 0 fully saturated rings. The summed E-state index contributed by atoms with van der Waals surface area (Å²) in [5.74, 6) is -3.30. The number of hydrogen-bond donors (Lipinski definition) is 0. The molecule has 69 heavy (non-hydrogen) atoms. The van der Waals surface area contributed by atoms with Crippen molar-refractivity contribution in [2.24, 2.45) is 9.98 Å². The highest BCUT2D eigenvalue weighted by Gasteiger charge is 2.27. The number of aliphatic imine (C=N–C) groups is 2. The lowest BCUT2D eigenvalue weighted by Gasteiger charge is -2.09. The molecule has 0 heterocycles. The molecular weight excluding hydrogens is 875 g/mol. The Hall–Kier alpha value is -7.28. The molecule has 5 rings (SSSR count). The van der Waals surface area contributed by atoms with E-state index in [1.807, 2.05) is 0 Å². The summed E-state index contributed by atoms with van der Waals surface area (Å²) in [6.07, 6.45) is 21.9. The standard InChI is InChI=1S/C56H63N3O10/c1-3-5-7-9-11-13-15-17-38-66-53(60)44-26-22-42(23-27-44)40-57-48-34-30-46(31-35-48)55(62)68-50-20-19-21-51(52(50)59(64)65)69-56(63)47-32-36-49(37-33-47)58-41-43-24-28-45(29-25-43)54(61)67-39-18-16-14-12-10-8-6-4-2/h19-37,40-41H,3-18,38-39H2,1-2H3. The van der Waals surface area contributed by atoms with E-state index in [1.54, 1.807) is 85.2 Å². The third-order valence-corrected chi connectivity index (χ3v) is 11.2. The Bertz CT molecular complexity index is 2300. The van der Waals surface area contributed by atoms with Crippen molar-refractivity contribution in [3.63, 3.8) is 0 Å². The first-order valence-electron chi connectivity index (χ1n) is 24.2. The normalized spacial score (nSPS) is 11.2. The first-order chi connectivity index (χ1) is 33.6. The van der Waals surface area contributed by atoms with Crippen molar-refractivity contribution < 1.29 is 43.0 Å². The zero-order valence-corrected chi connectivity index (χ0v) is 39.8. The van der Waals surface area contributed by atoms with Crippen molar-refractivity contribution in [2.75, 3.05) is 13.2 Å². The summed E-state index contributed by atoms with van der Waals surface area (Å²) >= 11 is 0. The summed E-state index contributed by atoms with van der Waals surface area (Å²) in [4.78, 5) is 71.5. The van der Waals surface area contributed by atoms with Crippen LogP contribution in [-0.2, 0) is 9.47 Å². The molecule has 0 radical (unpaired) electrons. The Morgan fingerprint density at radius 2 is 0.768 bits per heavy atom. The second-order valence-corrected chi connectivity index (χ2v) is 16.7. The van der Waals surface area contributed by atoms with Crippen LogP contribution < -0.4 is 9.47 Å². The minimum atomic E-state index is -0.874. The maximum atomic E-state index is 13.1. The third kappa shape index (κ3) is 18.4. The molecule has 13 heteroatoms. The highest BCUT2D eigenvalue weighted by molar-refractivity contribution is 5.95. The van der Waals surface area contributed by atoms with Gasteiger partial charge in [0.05, 0.1) is 51.8 Å². The van der Waals surface area contributed by atoms with Crippen LogP contribution >= 0.6 is 0 Å². The van der Waals surface area contributed by atoms with Gasteiger partial charge >= 0.3 is 29.6 Å². The summed E-state index contributed by atoms with van der Waals surface area (Å²) in [6, 6.07) is 29.8. The lowest BCUT2D eigenvalue weighted by molar-refractivity contribution is -0.386. The minimum Gasteiger partial charge on any atom is -0.462 e. The summed E-state index contributed by atoms with van der Waals surface area (Å²) in [5, 5.41) is 12.2. The van der Waals surface area contributed by atoms with Gasteiger partial charge in [0, 0.05) is 12.4 Å². The zero-order valence-electron chi connectivity index (χ0n) is 39.8. The quantitative estimate of drug-likeness (QED) is 0.0112. The topological polar surface area (TPSA) is 173 Å². The van der Waals surface area contributed by atoms with Crippen LogP contribution in [0.5, 0.6) is 11.5 Å². The maximum Gasteiger partial charge on any atom is 0.353 e. The Morgan fingerprint density at radius 3 is 1.12 bits per heavy atom. The Kier molecular flexibility index (Phi) is 22.5. The number of nitro benzene ring substituents is 1. The molecule has 0 bridgehead atoms. The molecule has 0 saturated heterocycles. The van der Waals surface area contributed by atoms with Crippen LogP contribution in [0.4, 0.5) is 17.1 Å². The molecule has 0 unspecified atom stereocenters. The number of nitrogens with zero attached hydrogens (tertiary/aromatic N) is 3. The number of esters is 4. The van der Waals surface area contributed by atoms with E-state index < -0.39 is 34.0 Å². The van der Waals surface area contributed by atoms with Gasteiger partial charge in [0.25, 0.3) is 0 Å². The van der Waals surface area contributed by atoms with E-state index in [1.165, 1.54) is 107 Å². The molecule has 0 spiro atoms. The second-order valence-electron chi connectivity index (χ2n) is 16.7. The van der Waals surface area contributed by atoms with E-state index in [0.29, 0.717) is 35.7 Å². The Labute approximate surface area is 405 Å². The fraction of sp³-hybridized carbons (Fsp3) is 0.357. The van der Waals surface area contributed by atoms with Crippen LogP contribution in [0.25, 0.3) is 0 Å². The lowest BCUT2D eigenvalue weighted by atomic mass is 10.1. The van der Waals surface area contributed by atoms with Gasteiger partial charge < -0.3 is 18.9 Å². The number of hydrogen-bond acceptors (Lipinski definition) is 12. The smallest absolute Gasteiger partial charge is 0.353 e. The first-order valence-corrected chi connectivity index (χ1v) is 24.2. The van der Waals surface area contributed by atoms with Gasteiger partial charge in [-0.1, -0.05) is 134 Å². The molecule has 0 atom stereocenters. The monoisotopic (exact) mass is 937 g/mol. The average Bonchev–Trinajstić information content (AvgIpc) is 3.36. The van der Waals surface area contributed by atoms with Crippen LogP contribution in [0.1, 0.15) is 169 Å². The summed E-state index contributed by atoms with van der Waals surface area (Å²) < 4.78 is 21.7. The number of benzene rings is 5. The average molecular weight is 938 g/mol. The van der Waals surface area contributed by atoms with E-state index in [9.17, 15) is 29.3 Å². The fourth-order valence-corrected chi connectivity index (χ4v) is 7.21. The molecule has 5 aromatic rings. The highest BCUT2D eigenvalue weighted by Crippen LogP contribution is 2.37. The Morgan fingerprint density at radius 1 is 0.449 bits per heavy atom. The molecule has 0 aromatic heterocycles. The second kappa shape index (κ2) is 29.5. The number of unbranched alkanes of at least 4 members (excludes halogenated alkanes) is 14. The van der Waals surface area contributed by atoms with E-state index in [0.717, 1.165) is 49.7 Å². The van der Waals surface area contributed by atoms with Gasteiger partial charge in [-0.15, -0.1) is 0 Å². The molecule has 0 amide bonds. The van der Waals surface area contributed by atoms with E-state index in [-0.39, 0.29) is 23.1 Å². The Balaban J connectivity index is 1.07. The van der Waals surface area contributed by atoms with Gasteiger partial charge in [-0.25, -0.2) is 19.2 Å². The van der Waals surface area contributed by atoms with Crippen LogP contribution in [0, 0.1) is 10.1 Å². The summed E-state index contributed by atoms with van der Waals surface area (Å²) in [7, 11) is 0. The minimum absolute atomic E-state index is 0.101. The predicted molar refractivity (Wildman–Crippen MR) is 269 cm³/mol. The number of carbonyl (C=O) groups excluding carboxylic acids is 4. The van der Waals surface area contributed by atoms with Crippen molar-refractivity contribution >= 4 is 53.4 Å². The third-order valence-electron chi connectivity index (χ3n) is 11.2. The van der Waals surface area contributed by atoms with Gasteiger partial charge in [-0.05, 0) is 109 Å². The number of nitro groups is 1. The van der Waals surface area contributed by atoms with Gasteiger partial charge in [-0.2, -0.15) is 0 Å². The molecule has 0 N–H and O–H groups in total. The van der Waals surface area contributed by atoms with Crippen molar-refractivity contribution in [1.29, 1.82) is 0 Å². The highest BCUT2D eigenvalue weighted by atomic mass is 16.6. The molecule has 5 aromatic carbocycles. The zero-order chi connectivity index (χ0) is 49.1. The van der Waals surface area contributed by atoms with Gasteiger partial charge in [0.2, 0.25) is 11.5 Å². The van der Waals surface area contributed by atoms with Crippen LogP contribution in [-0.4, -0.2) is 54.4 Å². The SMILES string of the molecule is CCCCCCCCCCOC(=O)c1ccc(C=Nc2ccc(C(=O)Oc3cccc(OC(=O)c4ccc(N=Cc5ccc(C(=O)OCCCCCCCCCC)cc5)cc4)c3[N+](=O)[O-])cc2)cc1. The molecule has 0 aliphatic rings. The molecule has 0 aliphatic carbocycles. The fourth-order valence-electron chi connectivity index (χ4n) is 7.21. The number of rotatable bonds is 29. The van der Waals surface area contributed by atoms with Crippen LogP contribution in [0.3, 0.4) is 0 Å². The molecular formula is C56H63N3O10. The van der Waals surface area contributed by atoms with Crippen LogP contribution in [0.2, 0.25) is 0 Å². The number of para-hydroxylation sites is 1. The largest absolute Gasteiger partial charge is 0.462 e. The van der Waals surface area contributed by atoms with Gasteiger partial charge in [0.15, 0.2) is 0 Å². The first kappa shape index (κ1) is 52.7. The maximum absolute atomic E-state index is 13.1. The van der Waals surface area contributed by atoms with Gasteiger partial charge in [0.1, 0.15) is 0 Å². The van der Waals surface area contributed by atoms with Crippen molar-refractivity contribution in [1.82, 2.24) is 0 Å². The van der Waals surface area contributed by atoms with Gasteiger partial charge in [-0.3, -0.25) is 20.1 Å². The molecule has 362 valence electrons. The summed E-state index contributed by atoms with van der Waals surface area (Å²) in [5.41, 5.74) is 2.95. The van der Waals surface area contributed by atoms with E-state index in [4.69, 9.17) is 18.9 Å². The number of carbonyl (C=O) groups is 4. The van der Waals surface area contributed by atoms with E-state index in [2.05, 4.69) is 23.8 Å². The van der Waals surface area contributed by atoms with Crippen LogP contribution in [0.15, 0.2) is 125 Å². The van der Waals surface area contributed by atoms with Crippen molar-refractivity contribution in [3.8, 4) is 11.5 Å². The van der Waals surface area contributed by atoms with E-state index >= 15 is 0 Å². The number of ether oxygens (including phenoxy) is 4. The van der Waals surface area contributed by atoms with Crippen molar-refractivity contribution in [3.05, 3.63) is 159 Å². The predicted octanol–water partition coefficient (Wildman–Crippen LogP) is 14.1. The molecule has 0 aliphatic heterocycles. The molecule has 13 nitrogen and oxygen atoms in total. The molecule has 0 saturated carbocycles. The van der Waals surface area contributed by atoms with Crippen molar-refractivity contribution in [2.45, 2.75) is 117 Å². The lowest BCUT2D eigenvalue weighted by Crippen LogP contribution is -2.12. The summed E-state index contributed by atoms with van der Waals surface area (Å²) in [6.45, 7) is 5.21.